The molecule has 0 saturated heterocycles. The lowest BCUT2D eigenvalue weighted by molar-refractivity contribution is 0.360. The number of nitrogens with two attached hydrogens (primary N) is 1. The molecule has 2 N–H and O–H groups in total. The smallest absolute Gasteiger partial charge is 0.0449 e. The summed E-state index contributed by atoms with van der Waals surface area (Å²) < 4.78 is 0. The molecule has 2 heteroatoms. The summed E-state index contributed by atoms with van der Waals surface area (Å²) in [7, 11) is 0. The van der Waals surface area contributed by atoms with Gasteiger partial charge in [0.2, 0.25) is 0 Å². The van der Waals surface area contributed by atoms with Gasteiger partial charge in [0.15, 0.2) is 0 Å². The maximum atomic E-state index is 6.31. The number of aryl methyl sites for hydroxylation is 2. The van der Waals surface area contributed by atoms with Gasteiger partial charge in [0.1, 0.15) is 0 Å². The minimum atomic E-state index is 0.356. The number of thiophene rings is 1. The van der Waals surface area contributed by atoms with Crippen LogP contribution in [0.4, 0.5) is 0 Å². The van der Waals surface area contributed by atoms with E-state index >= 15 is 0 Å². The Morgan fingerprint density at radius 1 is 1.46 bits per heavy atom. The molecule has 0 aliphatic heterocycles. The Labute approximate surface area is 83.0 Å². The molecule has 0 amide bonds. The predicted octanol–water partition coefficient (Wildman–Crippen LogP) is 2.78. The van der Waals surface area contributed by atoms with Crippen LogP contribution in [0, 0.1) is 12.3 Å². The van der Waals surface area contributed by atoms with Crippen molar-refractivity contribution in [3.8, 4) is 0 Å². The largest absolute Gasteiger partial charge is 0.323 e. The van der Waals surface area contributed by atoms with Crippen molar-refractivity contribution in [1.29, 1.82) is 0 Å². The van der Waals surface area contributed by atoms with Crippen molar-refractivity contribution < 1.29 is 0 Å². The summed E-state index contributed by atoms with van der Waals surface area (Å²) in [6.45, 7) is 2.19. The van der Waals surface area contributed by atoms with E-state index in [4.69, 9.17) is 5.73 Å². The summed E-state index contributed by atoms with van der Waals surface area (Å²) in [5.41, 5.74) is 8.38. The summed E-state index contributed by atoms with van der Waals surface area (Å²) in [5.74, 6) is 0. The van der Waals surface area contributed by atoms with Gasteiger partial charge in [-0.2, -0.15) is 0 Å². The highest BCUT2D eigenvalue weighted by Gasteiger charge is 2.50. The van der Waals surface area contributed by atoms with E-state index in [2.05, 4.69) is 13.0 Å². The first-order valence-corrected chi connectivity index (χ1v) is 5.88. The third kappa shape index (κ3) is 1.02. The SMILES string of the molecule is Cc1cc2c(s1)C(N)C1(CC2)CC1. The molecule has 13 heavy (non-hydrogen) atoms. The van der Waals surface area contributed by atoms with Gasteiger partial charge in [-0.25, -0.2) is 0 Å². The van der Waals surface area contributed by atoms with Crippen molar-refractivity contribution in [1.82, 2.24) is 0 Å². The van der Waals surface area contributed by atoms with Gasteiger partial charge in [0, 0.05) is 15.8 Å². The van der Waals surface area contributed by atoms with E-state index in [0.717, 1.165) is 0 Å². The van der Waals surface area contributed by atoms with E-state index in [1.54, 1.807) is 0 Å². The zero-order chi connectivity index (χ0) is 9.05. The quantitative estimate of drug-likeness (QED) is 0.673. The zero-order valence-corrected chi connectivity index (χ0v) is 8.79. The first-order chi connectivity index (χ1) is 6.21. The van der Waals surface area contributed by atoms with E-state index in [9.17, 15) is 0 Å². The van der Waals surface area contributed by atoms with Crippen LogP contribution in [0.2, 0.25) is 0 Å². The first-order valence-electron chi connectivity index (χ1n) is 5.06. The molecule has 1 unspecified atom stereocenters. The molecule has 1 saturated carbocycles. The average Bonchev–Trinajstić information content (AvgIpc) is 2.78. The molecule has 1 spiro atoms. The summed E-state index contributed by atoms with van der Waals surface area (Å²) in [5, 5.41) is 0. The molecule has 70 valence electrons. The van der Waals surface area contributed by atoms with Gasteiger partial charge in [-0.05, 0) is 49.7 Å². The van der Waals surface area contributed by atoms with Crippen LogP contribution in [0.15, 0.2) is 6.07 Å². The third-order valence-corrected chi connectivity index (χ3v) is 4.87. The summed E-state index contributed by atoms with van der Waals surface area (Å²) >= 11 is 1.92. The molecule has 3 rings (SSSR count). The van der Waals surface area contributed by atoms with Crippen LogP contribution in [0.3, 0.4) is 0 Å². The van der Waals surface area contributed by atoms with Crippen LogP contribution < -0.4 is 5.73 Å². The number of rotatable bonds is 0. The van der Waals surface area contributed by atoms with Gasteiger partial charge in [-0.1, -0.05) is 0 Å². The molecule has 2 aliphatic carbocycles. The van der Waals surface area contributed by atoms with E-state index in [1.165, 1.54) is 41.0 Å². The Bertz CT molecular complexity index is 349. The minimum absolute atomic E-state index is 0.356. The Balaban J connectivity index is 2.07. The summed E-state index contributed by atoms with van der Waals surface area (Å²) in [6, 6.07) is 2.68. The average molecular weight is 193 g/mol. The van der Waals surface area contributed by atoms with Crippen molar-refractivity contribution in [3.63, 3.8) is 0 Å². The van der Waals surface area contributed by atoms with Crippen LogP contribution in [-0.4, -0.2) is 0 Å². The second-order valence-electron chi connectivity index (χ2n) is 4.59. The van der Waals surface area contributed by atoms with Crippen LogP contribution in [0.25, 0.3) is 0 Å². The maximum absolute atomic E-state index is 6.31. The van der Waals surface area contributed by atoms with Gasteiger partial charge in [-0.3, -0.25) is 0 Å². The van der Waals surface area contributed by atoms with Gasteiger partial charge in [0.05, 0.1) is 0 Å². The Morgan fingerprint density at radius 3 is 2.92 bits per heavy atom. The molecule has 1 aromatic rings. The monoisotopic (exact) mass is 193 g/mol. The standard InChI is InChI=1S/C11H15NS/c1-7-6-8-2-3-11(4-5-11)10(12)9(8)13-7/h6,10H,2-5,12H2,1H3. The molecule has 0 bridgehead atoms. The van der Waals surface area contributed by atoms with Crippen molar-refractivity contribution >= 4 is 11.3 Å². The molecule has 0 aromatic carbocycles. The lowest BCUT2D eigenvalue weighted by Crippen LogP contribution is -2.27. The first kappa shape index (κ1) is 8.01. The second kappa shape index (κ2) is 2.37. The molecular weight excluding hydrogens is 178 g/mol. The molecule has 2 aliphatic rings. The van der Waals surface area contributed by atoms with E-state index in [0.29, 0.717) is 11.5 Å². The molecule has 1 heterocycles. The van der Waals surface area contributed by atoms with Gasteiger partial charge in [-0.15, -0.1) is 11.3 Å². The van der Waals surface area contributed by atoms with Crippen LogP contribution >= 0.6 is 11.3 Å². The summed E-state index contributed by atoms with van der Waals surface area (Å²) in [4.78, 5) is 2.92. The molecular formula is C11H15NS. The van der Waals surface area contributed by atoms with E-state index in [1.807, 2.05) is 11.3 Å². The Kier molecular flexibility index (Phi) is 1.46. The van der Waals surface area contributed by atoms with Crippen molar-refractivity contribution in [3.05, 3.63) is 21.4 Å². The fraction of sp³-hybridized carbons (Fsp3) is 0.636. The molecule has 0 radical (unpaired) electrons. The highest BCUT2D eigenvalue weighted by Crippen LogP contribution is 2.60. The fourth-order valence-corrected chi connectivity index (χ4v) is 3.80. The van der Waals surface area contributed by atoms with Crippen molar-refractivity contribution in [2.24, 2.45) is 11.1 Å². The predicted molar refractivity (Wildman–Crippen MR) is 56.0 cm³/mol. The van der Waals surface area contributed by atoms with Crippen molar-refractivity contribution in [2.45, 2.75) is 38.6 Å². The van der Waals surface area contributed by atoms with E-state index in [-0.39, 0.29) is 0 Å². The minimum Gasteiger partial charge on any atom is -0.323 e. The third-order valence-electron chi connectivity index (χ3n) is 3.69. The fourth-order valence-electron chi connectivity index (χ4n) is 2.58. The lowest BCUT2D eigenvalue weighted by Gasteiger charge is -2.28. The maximum Gasteiger partial charge on any atom is 0.0449 e. The van der Waals surface area contributed by atoms with Gasteiger partial charge in [0.25, 0.3) is 0 Å². The van der Waals surface area contributed by atoms with Crippen LogP contribution in [0.1, 0.15) is 40.6 Å². The molecule has 1 fully saturated rings. The normalized spacial score (nSPS) is 28.9. The Hall–Kier alpha value is -0.340. The van der Waals surface area contributed by atoms with Crippen LogP contribution in [0.5, 0.6) is 0 Å². The Morgan fingerprint density at radius 2 is 2.23 bits per heavy atom. The number of hydrogen-bond acceptors (Lipinski definition) is 2. The highest BCUT2D eigenvalue weighted by atomic mass is 32.1. The van der Waals surface area contributed by atoms with Gasteiger partial charge >= 0.3 is 0 Å². The van der Waals surface area contributed by atoms with E-state index < -0.39 is 0 Å². The lowest BCUT2D eigenvalue weighted by atomic mass is 9.82. The molecule has 1 aromatic heterocycles. The second-order valence-corrected chi connectivity index (χ2v) is 5.87. The topological polar surface area (TPSA) is 26.0 Å². The number of fused-ring (bicyclic) bond motifs is 1. The van der Waals surface area contributed by atoms with Gasteiger partial charge < -0.3 is 5.73 Å². The van der Waals surface area contributed by atoms with Crippen molar-refractivity contribution in [2.75, 3.05) is 0 Å². The van der Waals surface area contributed by atoms with Crippen LogP contribution in [-0.2, 0) is 6.42 Å². The number of hydrogen-bond donors (Lipinski definition) is 1. The highest BCUT2D eigenvalue weighted by molar-refractivity contribution is 7.12. The summed E-state index contributed by atoms with van der Waals surface area (Å²) in [6.07, 6.45) is 5.33. The molecule has 1 nitrogen and oxygen atoms in total. The zero-order valence-electron chi connectivity index (χ0n) is 7.97. The molecule has 1 atom stereocenters.